The first-order valence-corrected chi connectivity index (χ1v) is 6.86. The van der Waals surface area contributed by atoms with Crippen LogP contribution in [0.3, 0.4) is 0 Å². The van der Waals surface area contributed by atoms with Gasteiger partial charge in [0.25, 0.3) is 5.91 Å². The first-order chi connectivity index (χ1) is 8.49. The number of carbonyl (C=O) groups excluding carboxylic acids is 1. The van der Waals surface area contributed by atoms with Gasteiger partial charge < -0.3 is 9.64 Å². The number of benzene rings is 1. The fraction of sp³-hybridized carbons (Fsp3) is 0.500. The average molecular weight is 314 g/mol. The molecule has 0 aromatic heterocycles. The summed E-state index contributed by atoms with van der Waals surface area (Å²) in [5.41, 5.74) is 1.79. The van der Waals surface area contributed by atoms with Crippen molar-refractivity contribution < 1.29 is 9.53 Å². The topological polar surface area (TPSA) is 29.5 Å². The van der Waals surface area contributed by atoms with Gasteiger partial charge in [0.1, 0.15) is 0 Å². The van der Waals surface area contributed by atoms with Crippen molar-refractivity contribution in [3.63, 3.8) is 0 Å². The quantitative estimate of drug-likeness (QED) is 0.835. The molecule has 1 unspecified atom stereocenters. The van der Waals surface area contributed by atoms with Crippen molar-refractivity contribution >= 4 is 21.8 Å². The van der Waals surface area contributed by atoms with Crippen LogP contribution in [0.5, 0.6) is 0 Å². The lowest BCUT2D eigenvalue weighted by Crippen LogP contribution is -2.40. The number of nitrogens with zero attached hydrogens (tertiary/aromatic N) is 1. The number of rotatable bonds is 5. The zero-order valence-corrected chi connectivity index (χ0v) is 13.0. The lowest BCUT2D eigenvalue weighted by Gasteiger charge is -2.27. The molecular formula is C14H20BrNO2. The molecule has 1 atom stereocenters. The SMILES string of the molecule is CCN(C(=O)c1cc(C)cc(Br)c1)C(C)COC. The summed E-state index contributed by atoms with van der Waals surface area (Å²) in [5, 5.41) is 0. The van der Waals surface area contributed by atoms with Crippen LogP contribution in [0.2, 0.25) is 0 Å². The monoisotopic (exact) mass is 313 g/mol. The van der Waals surface area contributed by atoms with Crippen LogP contribution in [0.25, 0.3) is 0 Å². The second-order valence-corrected chi connectivity index (χ2v) is 5.33. The van der Waals surface area contributed by atoms with E-state index < -0.39 is 0 Å². The molecule has 1 aromatic carbocycles. The third-order valence-corrected chi connectivity index (χ3v) is 3.29. The van der Waals surface area contributed by atoms with Gasteiger partial charge in [0, 0.05) is 23.7 Å². The van der Waals surface area contributed by atoms with Crippen molar-refractivity contribution in [2.75, 3.05) is 20.3 Å². The van der Waals surface area contributed by atoms with Gasteiger partial charge in [0.05, 0.1) is 12.6 Å². The standard InChI is InChI=1S/C14H20BrNO2/c1-5-16(11(3)9-18-4)14(17)12-6-10(2)7-13(15)8-12/h6-8,11H,5,9H2,1-4H3. The Morgan fingerprint density at radius 3 is 2.61 bits per heavy atom. The van der Waals surface area contributed by atoms with E-state index in [1.54, 1.807) is 7.11 Å². The van der Waals surface area contributed by atoms with E-state index in [-0.39, 0.29) is 11.9 Å². The van der Waals surface area contributed by atoms with E-state index in [0.29, 0.717) is 18.7 Å². The Bertz CT molecular complexity index is 400. The average Bonchev–Trinajstić information content (AvgIpc) is 2.28. The Morgan fingerprint density at radius 1 is 1.44 bits per heavy atom. The number of methoxy groups -OCH3 is 1. The molecule has 0 aliphatic carbocycles. The number of ether oxygens (including phenoxy) is 1. The van der Waals surface area contributed by atoms with Crippen LogP contribution < -0.4 is 0 Å². The Morgan fingerprint density at radius 2 is 2.11 bits per heavy atom. The van der Waals surface area contributed by atoms with Crippen LogP contribution in [0, 0.1) is 6.92 Å². The van der Waals surface area contributed by atoms with Gasteiger partial charge in [-0.2, -0.15) is 0 Å². The maximum absolute atomic E-state index is 12.4. The fourth-order valence-corrected chi connectivity index (χ4v) is 2.62. The molecule has 0 N–H and O–H groups in total. The summed E-state index contributed by atoms with van der Waals surface area (Å²) in [6, 6.07) is 5.84. The van der Waals surface area contributed by atoms with Crippen LogP contribution in [0.15, 0.2) is 22.7 Å². The van der Waals surface area contributed by atoms with Gasteiger partial charge in [0.2, 0.25) is 0 Å². The summed E-state index contributed by atoms with van der Waals surface area (Å²) in [5.74, 6) is 0.0476. The zero-order valence-electron chi connectivity index (χ0n) is 11.4. The summed E-state index contributed by atoms with van der Waals surface area (Å²) in [7, 11) is 1.65. The summed E-state index contributed by atoms with van der Waals surface area (Å²) >= 11 is 3.42. The minimum atomic E-state index is 0.0476. The minimum absolute atomic E-state index is 0.0476. The van der Waals surface area contributed by atoms with Crippen LogP contribution >= 0.6 is 15.9 Å². The van der Waals surface area contributed by atoms with Crippen molar-refractivity contribution in [1.29, 1.82) is 0 Å². The molecule has 1 aromatic rings. The molecule has 0 bridgehead atoms. The highest BCUT2D eigenvalue weighted by Crippen LogP contribution is 2.17. The summed E-state index contributed by atoms with van der Waals surface area (Å²) in [6.45, 7) is 7.18. The number of halogens is 1. The van der Waals surface area contributed by atoms with Gasteiger partial charge in [-0.1, -0.05) is 15.9 Å². The number of hydrogen-bond donors (Lipinski definition) is 0. The molecule has 0 spiro atoms. The van der Waals surface area contributed by atoms with Crippen LogP contribution in [0.1, 0.15) is 29.8 Å². The highest BCUT2D eigenvalue weighted by atomic mass is 79.9. The van der Waals surface area contributed by atoms with Crippen LogP contribution in [-0.4, -0.2) is 37.1 Å². The van der Waals surface area contributed by atoms with Crippen molar-refractivity contribution in [1.82, 2.24) is 4.90 Å². The Hall–Kier alpha value is -0.870. The fourth-order valence-electron chi connectivity index (χ4n) is 2.01. The van der Waals surface area contributed by atoms with E-state index in [1.807, 2.05) is 43.9 Å². The Labute approximate surface area is 117 Å². The predicted octanol–water partition coefficient (Wildman–Crippen LogP) is 3.25. The largest absolute Gasteiger partial charge is 0.383 e. The van der Waals surface area contributed by atoms with E-state index in [1.165, 1.54) is 0 Å². The number of likely N-dealkylation sites (N-methyl/N-ethyl adjacent to an activating group) is 1. The maximum atomic E-state index is 12.4. The second-order valence-electron chi connectivity index (χ2n) is 4.41. The first kappa shape index (κ1) is 15.2. The minimum Gasteiger partial charge on any atom is -0.383 e. The molecule has 100 valence electrons. The van der Waals surface area contributed by atoms with Gasteiger partial charge in [-0.05, 0) is 44.5 Å². The van der Waals surface area contributed by atoms with E-state index >= 15 is 0 Å². The van der Waals surface area contributed by atoms with Gasteiger partial charge in [-0.15, -0.1) is 0 Å². The molecule has 3 nitrogen and oxygen atoms in total. The first-order valence-electron chi connectivity index (χ1n) is 6.06. The number of aryl methyl sites for hydroxylation is 1. The van der Waals surface area contributed by atoms with Gasteiger partial charge in [-0.3, -0.25) is 4.79 Å². The molecule has 1 rings (SSSR count). The van der Waals surface area contributed by atoms with Crippen molar-refractivity contribution in [2.24, 2.45) is 0 Å². The van der Waals surface area contributed by atoms with E-state index in [9.17, 15) is 4.79 Å². The van der Waals surface area contributed by atoms with Crippen LogP contribution in [-0.2, 0) is 4.74 Å². The number of hydrogen-bond acceptors (Lipinski definition) is 2. The van der Waals surface area contributed by atoms with Crippen LogP contribution in [0.4, 0.5) is 0 Å². The second kappa shape index (κ2) is 6.90. The highest BCUT2D eigenvalue weighted by molar-refractivity contribution is 9.10. The molecule has 0 fully saturated rings. The smallest absolute Gasteiger partial charge is 0.254 e. The molecular weight excluding hydrogens is 294 g/mol. The van der Waals surface area contributed by atoms with Gasteiger partial charge in [0.15, 0.2) is 0 Å². The zero-order chi connectivity index (χ0) is 13.7. The lowest BCUT2D eigenvalue weighted by atomic mass is 10.1. The lowest BCUT2D eigenvalue weighted by molar-refractivity contribution is 0.0579. The maximum Gasteiger partial charge on any atom is 0.254 e. The third kappa shape index (κ3) is 3.82. The van der Waals surface area contributed by atoms with Crippen molar-refractivity contribution in [3.8, 4) is 0 Å². The van der Waals surface area contributed by atoms with Gasteiger partial charge in [-0.25, -0.2) is 0 Å². The highest BCUT2D eigenvalue weighted by Gasteiger charge is 2.20. The van der Waals surface area contributed by atoms with Crippen molar-refractivity contribution in [3.05, 3.63) is 33.8 Å². The molecule has 4 heteroatoms. The van der Waals surface area contributed by atoms with Crippen molar-refractivity contribution in [2.45, 2.75) is 26.8 Å². The third-order valence-electron chi connectivity index (χ3n) is 2.83. The number of amides is 1. The van der Waals surface area contributed by atoms with E-state index in [2.05, 4.69) is 15.9 Å². The summed E-state index contributed by atoms with van der Waals surface area (Å²) < 4.78 is 6.05. The molecule has 1 amide bonds. The Kier molecular flexibility index (Phi) is 5.82. The molecule has 0 aliphatic heterocycles. The summed E-state index contributed by atoms with van der Waals surface area (Å²) in [4.78, 5) is 14.3. The molecule has 0 heterocycles. The molecule has 0 radical (unpaired) electrons. The summed E-state index contributed by atoms with van der Waals surface area (Å²) in [6.07, 6.45) is 0. The Balaban J connectivity index is 2.96. The van der Waals surface area contributed by atoms with Gasteiger partial charge >= 0.3 is 0 Å². The van der Waals surface area contributed by atoms with E-state index in [4.69, 9.17) is 4.74 Å². The molecule has 0 aliphatic rings. The van der Waals surface area contributed by atoms with E-state index in [0.717, 1.165) is 10.0 Å². The molecule has 18 heavy (non-hydrogen) atoms. The number of carbonyl (C=O) groups is 1. The molecule has 0 saturated carbocycles. The predicted molar refractivity (Wildman–Crippen MR) is 76.9 cm³/mol. The molecule has 0 saturated heterocycles. The normalized spacial score (nSPS) is 12.3.